The number of nitrogens with two attached hydrogens (primary N) is 1. The minimum Gasteiger partial charge on any atom is -0.505 e. The summed E-state index contributed by atoms with van der Waals surface area (Å²) < 4.78 is 5.25. The molecule has 5 rings (SSSR count). The van der Waals surface area contributed by atoms with Crippen LogP contribution in [0.3, 0.4) is 0 Å². The van der Waals surface area contributed by atoms with E-state index in [9.17, 15) is 39.0 Å². The number of para-hydroxylation sites is 1. The van der Waals surface area contributed by atoms with Crippen molar-refractivity contribution in [2.45, 2.75) is 24.5 Å². The minimum absolute atomic E-state index is 0.0685. The lowest BCUT2D eigenvalue weighted by Gasteiger charge is -2.52. The number of benzene rings is 2. The molecule has 0 aliphatic heterocycles. The van der Waals surface area contributed by atoms with Crippen molar-refractivity contribution < 1.29 is 43.7 Å². The second-order valence-electron chi connectivity index (χ2n) is 11.7. The molecule has 0 heterocycles. The zero-order valence-corrected chi connectivity index (χ0v) is 24.0. The van der Waals surface area contributed by atoms with E-state index in [0.29, 0.717) is 11.3 Å². The van der Waals surface area contributed by atoms with Gasteiger partial charge in [-0.15, -0.1) is 0 Å². The summed E-state index contributed by atoms with van der Waals surface area (Å²) in [5, 5.41) is 25.4. The van der Waals surface area contributed by atoms with Gasteiger partial charge in [-0.25, -0.2) is 4.79 Å². The molecule has 2 aromatic carbocycles. The third-order valence-corrected chi connectivity index (χ3v) is 8.71. The number of amides is 2. The van der Waals surface area contributed by atoms with Crippen molar-refractivity contribution in [1.29, 1.82) is 0 Å². The van der Waals surface area contributed by atoms with E-state index in [1.165, 1.54) is 25.1 Å². The number of primary amides is 1. The molecule has 13 heteroatoms. The molecule has 0 saturated heterocycles. The number of hydrogen-bond donors (Lipinski definition) is 4. The average Bonchev–Trinajstić information content (AvgIpc) is 2.92. The van der Waals surface area contributed by atoms with Crippen LogP contribution in [-0.2, 0) is 25.6 Å². The first-order valence-corrected chi connectivity index (χ1v) is 13.6. The Hall–Kier alpha value is -4.62. The molecule has 2 saturated carbocycles. The van der Waals surface area contributed by atoms with Crippen LogP contribution in [0.15, 0.2) is 36.4 Å². The Morgan fingerprint density at radius 1 is 1.05 bits per heavy atom. The highest BCUT2D eigenvalue weighted by Crippen LogP contribution is 2.52. The number of carbonyl (C=O) groups is 6. The topological polar surface area (TPSA) is 197 Å². The highest BCUT2D eigenvalue weighted by atomic mass is 16.6. The first-order chi connectivity index (χ1) is 20.2. The van der Waals surface area contributed by atoms with Crippen LogP contribution in [0.2, 0.25) is 0 Å². The van der Waals surface area contributed by atoms with Crippen LogP contribution in [0.25, 0.3) is 0 Å². The molecule has 0 radical (unpaired) electrons. The van der Waals surface area contributed by atoms with Crippen LogP contribution < -0.4 is 20.7 Å². The van der Waals surface area contributed by atoms with Gasteiger partial charge in [-0.05, 0) is 56.6 Å². The first-order valence-electron chi connectivity index (χ1n) is 13.6. The smallest absolute Gasteiger partial charge is 0.417 e. The van der Waals surface area contributed by atoms with Crippen LogP contribution in [0.1, 0.15) is 22.3 Å². The predicted molar refractivity (Wildman–Crippen MR) is 152 cm³/mol. The summed E-state index contributed by atoms with van der Waals surface area (Å²) in [4.78, 5) is 82.7. The fourth-order valence-electron chi connectivity index (χ4n) is 6.88. The van der Waals surface area contributed by atoms with Crippen LogP contribution in [0, 0.1) is 23.7 Å². The molecule has 2 unspecified atom stereocenters. The molecule has 3 aliphatic carbocycles. The SMILES string of the molecule is CN(C)c1cc(NC(=O)Oc2ccccc2)c(O)c2c1C[C@@H]1C[C@@H]3[C@@H](N(C)C)C(=O)C(C(N)=O)C(=O)[C@]3(O)C(=O)C1C2=O. The number of aliphatic hydroxyl groups is 1. The molecular weight excluding hydrogens is 560 g/mol. The van der Waals surface area contributed by atoms with Gasteiger partial charge in [0, 0.05) is 25.7 Å². The van der Waals surface area contributed by atoms with E-state index in [1.54, 1.807) is 49.3 Å². The van der Waals surface area contributed by atoms with Crippen LogP contribution in [0.5, 0.6) is 11.5 Å². The maximum Gasteiger partial charge on any atom is 0.417 e. The van der Waals surface area contributed by atoms with E-state index in [4.69, 9.17) is 10.5 Å². The van der Waals surface area contributed by atoms with Crippen LogP contribution in [0.4, 0.5) is 16.2 Å². The summed E-state index contributed by atoms with van der Waals surface area (Å²) in [6.45, 7) is 0. The minimum atomic E-state index is -2.83. The van der Waals surface area contributed by atoms with E-state index < -0.39 is 76.2 Å². The summed E-state index contributed by atoms with van der Waals surface area (Å²) in [6.07, 6.45) is -0.925. The second-order valence-corrected chi connectivity index (χ2v) is 11.7. The van der Waals surface area contributed by atoms with Gasteiger partial charge in [0.05, 0.1) is 23.2 Å². The van der Waals surface area contributed by atoms with Crippen molar-refractivity contribution in [1.82, 2.24) is 4.90 Å². The largest absolute Gasteiger partial charge is 0.505 e. The van der Waals surface area contributed by atoms with Crippen molar-refractivity contribution >= 4 is 46.5 Å². The van der Waals surface area contributed by atoms with Crippen LogP contribution >= 0.6 is 0 Å². The van der Waals surface area contributed by atoms with E-state index in [0.717, 1.165) is 0 Å². The summed E-state index contributed by atoms with van der Waals surface area (Å²) in [5.74, 6) is -11.4. The maximum atomic E-state index is 14.1. The number of fused-ring (bicyclic) bond motifs is 3. The van der Waals surface area contributed by atoms with Gasteiger partial charge < -0.3 is 25.6 Å². The molecular formula is C30H32N4O9. The fourth-order valence-corrected chi connectivity index (χ4v) is 6.88. The summed E-state index contributed by atoms with van der Waals surface area (Å²) in [5.41, 5.74) is 3.00. The third-order valence-electron chi connectivity index (χ3n) is 8.71. The number of anilines is 2. The van der Waals surface area contributed by atoms with Crippen molar-refractivity contribution in [3.05, 3.63) is 47.5 Å². The van der Waals surface area contributed by atoms with E-state index in [-0.39, 0.29) is 29.8 Å². The van der Waals surface area contributed by atoms with Crippen molar-refractivity contribution in [3.63, 3.8) is 0 Å². The van der Waals surface area contributed by atoms with Gasteiger partial charge in [0.1, 0.15) is 11.5 Å². The molecule has 0 aromatic heterocycles. The predicted octanol–water partition coefficient (Wildman–Crippen LogP) is 0.544. The molecule has 2 aromatic rings. The highest BCUT2D eigenvalue weighted by molar-refractivity contribution is 6.32. The summed E-state index contributed by atoms with van der Waals surface area (Å²) >= 11 is 0. The molecule has 2 amide bonds. The van der Waals surface area contributed by atoms with Gasteiger partial charge >= 0.3 is 6.09 Å². The van der Waals surface area contributed by atoms with Crippen molar-refractivity contribution in [3.8, 4) is 11.5 Å². The Labute approximate surface area is 246 Å². The van der Waals surface area contributed by atoms with Gasteiger partial charge in [0.25, 0.3) is 0 Å². The number of nitrogens with zero attached hydrogens (tertiary/aromatic N) is 2. The number of hydrogen-bond acceptors (Lipinski definition) is 11. The maximum absolute atomic E-state index is 14.1. The number of phenolic OH excluding ortho intramolecular Hbond substituents is 1. The van der Waals surface area contributed by atoms with Gasteiger partial charge in [-0.2, -0.15) is 0 Å². The molecule has 3 aliphatic rings. The standard InChI is InChI=1S/C30H32N4O9/c1-33(2)18-12-17(32-29(41)43-14-8-6-5-7-9-14)23(35)20-15(18)10-13-11-16-22(34(3)4)25(37)21(28(31)40)27(39)30(16,42)26(38)19(13)24(20)36/h5-9,12-13,16,19,21-22,35,42H,10-11H2,1-4H3,(H2,31,40)(H,32,41)/t13-,16-,19?,21?,22-,30-/m1/s1. The van der Waals surface area contributed by atoms with Gasteiger partial charge in [0.2, 0.25) is 5.91 Å². The van der Waals surface area contributed by atoms with E-state index >= 15 is 0 Å². The Morgan fingerprint density at radius 3 is 2.28 bits per heavy atom. The third kappa shape index (κ3) is 4.55. The first kappa shape index (κ1) is 29.9. The second kappa shape index (κ2) is 10.6. The lowest BCUT2D eigenvalue weighted by Crippen LogP contribution is -2.74. The number of ketones is 4. The number of ether oxygens (including phenoxy) is 1. The molecule has 226 valence electrons. The highest BCUT2D eigenvalue weighted by Gasteiger charge is 2.69. The number of aromatic hydroxyl groups is 1. The molecule has 0 spiro atoms. The lowest BCUT2D eigenvalue weighted by molar-refractivity contribution is -0.181. The molecule has 43 heavy (non-hydrogen) atoms. The number of Topliss-reactive ketones (excluding diaryl/α,β-unsaturated/α-hetero) is 4. The Kier molecular flexibility index (Phi) is 7.35. The van der Waals surface area contributed by atoms with Crippen molar-refractivity contribution in [2.75, 3.05) is 38.4 Å². The van der Waals surface area contributed by atoms with E-state index in [2.05, 4.69) is 5.32 Å². The zero-order chi connectivity index (χ0) is 31.5. The van der Waals surface area contributed by atoms with Crippen molar-refractivity contribution in [2.24, 2.45) is 29.4 Å². The number of likely N-dealkylation sites (N-methyl/N-ethyl adjacent to an activating group) is 1. The van der Waals surface area contributed by atoms with Gasteiger partial charge in [0.15, 0.2) is 34.7 Å². The zero-order valence-electron chi connectivity index (χ0n) is 24.0. The van der Waals surface area contributed by atoms with Gasteiger partial charge in [-0.3, -0.25) is 34.2 Å². The fraction of sp³-hybridized carbons (Fsp3) is 0.400. The molecule has 13 nitrogen and oxygen atoms in total. The Morgan fingerprint density at radius 2 is 1.70 bits per heavy atom. The quantitative estimate of drug-likeness (QED) is 0.279. The van der Waals surface area contributed by atoms with Gasteiger partial charge in [-0.1, -0.05) is 18.2 Å². The number of rotatable bonds is 5. The molecule has 0 bridgehead atoms. The molecule has 2 fully saturated rings. The van der Waals surface area contributed by atoms with Crippen LogP contribution in [-0.4, -0.2) is 90.1 Å². The number of nitrogens with one attached hydrogen (secondary N) is 1. The summed E-state index contributed by atoms with van der Waals surface area (Å²) in [6, 6.07) is 8.46. The number of phenols is 1. The Bertz CT molecular complexity index is 1570. The lowest BCUT2D eigenvalue weighted by atomic mass is 9.52. The normalized spacial score (nSPS) is 28.1. The average molecular weight is 593 g/mol. The summed E-state index contributed by atoms with van der Waals surface area (Å²) in [7, 11) is 6.44. The Balaban J connectivity index is 1.58. The molecule has 6 atom stereocenters. The number of carbonyl (C=O) groups excluding carboxylic acids is 6. The van der Waals surface area contributed by atoms with E-state index in [1.807, 2.05) is 0 Å². The monoisotopic (exact) mass is 592 g/mol. The molecule has 5 N–H and O–H groups in total.